The second-order valence-electron chi connectivity index (χ2n) is 8.56. The van der Waals surface area contributed by atoms with E-state index >= 15 is 0 Å². The molecule has 1 saturated carbocycles. The third-order valence-corrected chi connectivity index (χ3v) is 5.09. The van der Waals surface area contributed by atoms with Gasteiger partial charge in [-0.3, -0.25) is 4.99 Å². The Kier molecular flexibility index (Phi) is 9.24. The van der Waals surface area contributed by atoms with Crippen molar-refractivity contribution in [1.82, 2.24) is 10.2 Å². The van der Waals surface area contributed by atoms with Crippen LogP contribution in [0.4, 0.5) is 5.69 Å². The molecule has 0 radical (unpaired) electrons. The zero-order valence-electron chi connectivity index (χ0n) is 18.7. The number of aliphatic imine (C=N–C) groups is 1. The van der Waals surface area contributed by atoms with Crippen molar-refractivity contribution in [2.24, 2.45) is 10.9 Å². The maximum atomic E-state index is 5.85. The molecule has 3 rings (SSSR count). The lowest BCUT2D eigenvalue weighted by Crippen LogP contribution is -2.42. The smallest absolute Gasteiger partial charge is 0.195 e. The van der Waals surface area contributed by atoms with E-state index in [1.54, 1.807) is 0 Å². The highest BCUT2D eigenvalue weighted by molar-refractivity contribution is 5.93. The lowest BCUT2D eigenvalue weighted by Gasteiger charge is -2.29. The summed E-state index contributed by atoms with van der Waals surface area (Å²) in [5, 5.41) is 6.83. The Labute approximate surface area is 181 Å². The maximum Gasteiger partial charge on any atom is 0.195 e. The molecule has 168 valence electrons. The summed E-state index contributed by atoms with van der Waals surface area (Å²) in [7, 11) is 2.12. The van der Waals surface area contributed by atoms with Crippen molar-refractivity contribution in [3.63, 3.8) is 0 Å². The molecule has 0 amide bonds. The van der Waals surface area contributed by atoms with E-state index in [0.29, 0.717) is 6.54 Å². The molecule has 0 aromatic heterocycles. The molecule has 1 aromatic carbocycles. The molecule has 7 heteroatoms. The Balaban J connectivity index is 1.49. The number of ether oxygens (including phenoxy) is 3. The lowest BCUT2D eigenvalue weighted by molar-refractivity contribution is -0.0136. The predicted octanol–water partition coefficient (Wildman–Crippen LogP) is 2.98. The summed E-state index contributed by atoms with van der Waals surface area (Å²) in [6, 6.07) is 7.98. The first kappa shape index (κ1) is 22.8. The molecule has 2 aliphatic rings. The number of likely N-dealkylation sites (N-methyl/N-ethyl adjacent to an activating group) is 1. The topological polar surface area (TPSA) is 67.4 Å². The van der Waals surface area contributed by atoms with Gasteiger partial charge in [0.1, 0.15) is 5.75 Å². The summed E-state index contributed by atoms with van der Waals surface area (Å²) in [4.78, 5) is 7.06. The summed E-state index contributed by atoms with van der Waals surface area (Å²) >= 11 is 0. The van der Waals surface area contributed by atoms with Crippen LogP contribution in [-0.2, 0) is 9.47 Å². The summed E-state index contributed by atoms with van der Waals surface area (Å²) in [5.41, 5.74) is 0.976. The average Bonchev–Trinajstić information content (AvgIpc) is 3.54. The number of benzene rings is 1. The van der Waals surface area contributed by atoms with Crippen molar-refractivity contribution in [2.45, 2.75) is 45.3 Å². The quantitative estimate of drug-likeness (QED) is 0.327. The van der Waals surface area contributed by atoms with Crippen molar-refractivity contribution in [3.8, 4) is 5.75 Å². The number of anilines is 1. The second-order valence-corrected chi connectivity index (χ2v) is 8.56. The van der Waals surface area contributed by atoms with Crippen molar-refractivity contribution >= 4 is 11.6 Å². The maximum absolute atomic E-state index is 5.85. The first-order valence-corrected chi connectivity index (χ1v) is 11.3. The van der Waals surface area contributed by atoms with Gasteiger partial charge in [-0.05, 0) is 70.3 Å². The molecule has 2 fully saturated rings. The summed E-state index contributed by atoms with van der Waals surface area (Å²) in [6.45, 7) is 9.86. The van der Waals surface area contributed by atoms with Crippen LogP contribution in [0.15, 0.2) is 29.3 Å². The van der Waals surface area contributed by atoms with Crippen LogP contribution in [0.1, 0.15) is 33.1 Å². The molecule has 1 saturated heterocycles. The Morgan fingerprint density at radius 3 is 2.77 bits per heavy atom. The van der Waals surface area contributed by atoms with E-state index in [0.717, 1.165) is 69.2 Å². The van der Waals surface area contributed by atoms with Crippen LogP contribution in [0.3, 0.4) is 0 Å². The van der Waals surface area contributed by atoms with Gasteiger partial charge in [0.05, 0.1) is 25.4 Å². The molecule has 30 heavy (non-hydrogen) atoms. The fourth-order valence-electron chi connectivity index (χ4n) is 3.25. The van der Waals surface area contributed by atoms with Gasteiger partial charge < -0.3 is 29.7 Å². The molecular weight excluding hydrogens is 380 g/mol. The molecule has 1 aliphatic heterocycles. The van der Waals surface area contributed by atoms with Gasteiger partial charge in [0.25, 0.3) is 0 Å². The van der Waals surface area contributed by atoms with Gasteiger partial charge in [-0.2, -0.15) is 0 Å². The molecule has 1 aliphatic carbocycles. The average molecular weight is 419 g/mol. The Morgan fingerprint density at radius 1 is 1.27 bits per heavy atom. The van der Waals surface area contributed by atoms with Gasteiger partial charge in [-0.25, -0.2) is 0 Å². The van der Waals surface area contributed by atoms with Gasteiger partial charge in [-0.1, -0.05) is 0 Å². The third-order valence-electron chi connectivity index (χ3n) is 5.09. The molecule has 0 spiro atoms. The number of hydrogen-bond acceptors (Lipinski definition) is 5. The molecule has 7 nitrogen and oxygen atoms in total. The fraction of sp³-hybridized carbons (Fsp3) is 0.696. The van der Waals surface area contributed by atoms with Gasteiger partial charge in [0.15, 0.2) is 5.96 Å². The molecular formula is C23H38N4O3. The summed E-state index contributed by atoms with van der Waals surface area (Å²) in [5.74, 6) is 2.45. The molecule has 1 heterocycles. The van der Waals surface area contributed by atoms with E-state index in [1.165, 1.54) is 12.8 Å². The number of nitrogens with one attached hydrogen (secondary N) is 2. The van der Waals surface area contributed by atoms with Crippen LogP contribution in [0, 0.1) is 5.92 Å². The summed E-state index contributed by atoms with van der Waals surface area (Å²) < 4.78 is 17.3. The molecule has 1 aromatic rings. The van der Waals surface area contributed by atoms with Crippen molar-refractivity contribution in [1.29, 1.82) is 0 Å². The Bertz CT molecular complexity index is 646. The van der Waals surface area contributed by atoms with E-state index in [4.69, 9.17) is 19.2 Å². The van der Waals surface area contributed by atoms with E-state index in [1.807, 2.05) is 38.1 Å². The minimum Gasteiger partial charge on any atom is -0.491 e. The van der Waals surface area contributed by atoms with Crippen molar-refractivity contribution in [3.05, 3.63) is 24.3 Å². The van der Waals surface area contributed by atoms with E-state index in [2.05, 4.69) is 22.6 Å². The zero-order chi connectivity index (χ0) is 21.2. The molecule has 0 bridgehead atoms. The molecule has 1 unspecified atom stereocenters. The molecule has 2 N–H and O–H groups in total. The number of hydrogen-bond donors (Lipinski definition) is 2. The Hall–Kier alpha value is -1.83. The van der Waals surface area contributed by atoms with Crippen LogP contribution in [-0.4, -0.2) is 76.1 Å². The third kappa shape index (κ3) is 8.90. The van der Waals surface area contributed by atoms with E-state index < -0.39 is 0 Å². The number of guanidine groups is 1. The summed E-state index contributed by atoms with van der Waals surface area (Å²) in [6.07, 6.45) is 3.91. The predicted molar refractivity (Wildman–Crippen MR) is 122 cm³/mol. The van der Waals surface area contributed by atoms with Crippen LogP contribution in [0.25, 0.3) is 0 Å². The molecule has 1 atom stereocenters. The van der Waals surface area contributed by atoms with Gasteiger partial charge in [0, 0.05) is 38.5 Å². The number of nitrogens with zero attached hydrogens (tertiary/aromatic N) is 2. The van der Waals surface area contributed by atoms with Crippen LogP contribution in [0.2, 0.25) is 0 Å². The number of rotatable bonds is 11. The van der Waals surface area contributed by atoms with Crippen LogP contribution in [0.5, 0.6) is 5.75 Å². The highest BCUT2D eigenvalue weighted by Gasteiger charge is 2.21. The monoisotopic (exact) mass is 418 g/mol. The van der Waals surface area contributed by atoms with Gasteiger partial charge in [0.2, 0.25) is 0 Å². The fourth-order valence-corrected chi connectivity index (χ4v) is 3.25. The normalized spacial score (nSPS) is 20.4. The largest absolute Gasteiger partial charge is 0.491 e. The lowest BCUT2D eigenvalue weighted by atomic mass is 10.3. The SMILES string of the molecule is CC(C)Oc1ccc(NC(=NCC2CN(C)CCO2)NCCCOCC2CC2)cc1. The Morgan fingerprint density at radius 2 is 2.07 bits per heavy atom. The van der Waals surface area contributed by atoms with Gasteiger partial charge in [-0.15, -0.1) is 0 Å². The minimum absolute atomic E-state index is 0.131. The van der Waals surface area contributed by atoms with E-state index in [-0.39, 0.29) is 12.2 Å². The highest BCUT2D eigenvalue weighted by atomic mass is 16.5. The zero-order valence-corrected chi connectivity index (χ0v) is 18.7. The minimum atomic E-state index is 0.131. The van der Waals surface area contributed by atoms with Crippen LogP contribution < -0.4 is 15.4 Å². The highest BCUT2D eigenvalue weighted by Crippen LogP contribution is 2.28. The van der Waals surface area contributed by atoms with Crippen molar-refractivity contribution in [2.75, 3.05) is 58.4 Å². The van der Waals surface area contributed by atoms with Gasteiger partial charge >= 0.3 is 0 Å². The second kappa shape index (κ2) is 12.1. The first-order chi connectivity index (χ1) is 14.6. The standard InChI is InChI=1S/C23H38N4O3/c1-18(2)30-21-9-7-20(8-10-21)26-23(24-11-4-13-28-17-19-5-6-19)25-15-22-16-27(3)12-14-29-22/h7-10,18-19,22H,4-6,11-17H2,1-3H3,(H2,24,25,26). The number of morpholine rings is 1. The van der Waals surface area contributed by atoms with E-state index in [9.17, 15) is 0 Å². The first-order valence-electron chi connectivity index (χ1n) is 11.3. The van der Waals surface area contributed by atoms with Crippen LogP contribution >= 0.6 is 0 Å². The van der Waals surface area contributed by atoms with Crippen molar-refractivity contribution < 1.29 is 14.2 Å².